The van der Waals surface area contributed by atoms with E-state index in [9.17, 15) is 4.79 Å². The van der Waals surface area contributed by atoms with Gasteiger partial charge in [-0.15, -0.1) is 0 Å². The molecule has 1 heterocycles. The Bertz CT molecular complexity index is 806. The van der Waals surface area contributed by atoms with Crippen molar-refractivity contribution in [2.75, 3.05) is 0 Å². The fourth-order valence-corrected chi connectivity index (χ4v) is 2.68. The van der Waals surface area contributed by atoms with Gasteiger partial charge in [-0.05, 0) is 31.0 Å². The van der Waals surface area contributed by atoms with Gasteiger partial charge in [0.1, 0.15) is 5.69 Å². The zero-order valence-electron chi connectivity index (χ0n) is 13.4. The van der Waals surface area contributed by atoms with Crippen LogP contribution in [0.3, 0.4) is 0 Å². The first-order valence-corrected chi connectivity index (χ1v) is 7.86. The van der Waals surface area contributed by atoms with Gasteiger partial charge in [-0.3, -0.25) is 4.79 Å². The van der Waals surface area contributed by atoms with E-state index in [0.717, 1.165) is 17.4 Å². The Kier molecular flexibility index (Phi) is 4.42. The number of nitrogens with one attached hydrogen (secondary N) is 1. The molecule has 0 aliphatic carbocycles. The second-order valence-electron chi connectivity index (χ2n) is 5.74. The minimum absolute atomic E-state index is 0.0151. The molecule has 4 heteroatoms. The predicted octanol–water partition coefficient (Wildman–Crippen LogP) is 3.95. The number of carbonyl (C=O) groups excluding carboxylic acids is 1. The number of fused-ring (bicyclic) bond motifs is 1. The van der Waals surface area contributed by atoms with E-state index in [1.54, 1.807) is 0 Å². The first kappa shape index (κ1) is 15.3. The number of aryl methyl sites for hydroxylation is 1. The molecule has 0 aliphatic rings. The van der Waals surface area contributed by atoms with Gasteiger partial charge in [0.25, 0.3) is 0 Å². The summed E-state index contributed by atoms with van der Waals surface area (Å²) in [7, 11) is 0. The number of aromatic nitrogens is 1. The molecule has 0 saturated heterocycles. The second-order valence-corrected chi connectivity index (χ2v) is 5.74. The van der Waals surface area contributed by atoms with Crippen LogP contribution in [0.4, 0.5) is 0 Å². The van der Waals surface area contributed by atoms with Crippen molar-refractivity contribution in [2.24, 2.45) is 0 Å². The summed E-state index contributed by atoms with van der Waals surface area (Å²) >= 11 is 0. The molecule has 3 aromatic rings. The molecule has 0 fully saturated rings. The van der Waals surface area contributed by atoms with Gasteiger partial charge < -0.3 is 9.84 Å². The minimum atomic E-state index is -0.0449. The summed E-state index contributed by atoms with van der Waals surface area (Å²) in [4.78, 5) is 12.4. The number of benzene rings is 2. The Hall–Kier alpha value is -2.62. The summed E-state index contributed by atoms with van der Waals surface area (Å²) in [6, 6.07) is 15.9. The number of para-hydroxylation sites is 1. The maximum absolute atomic E-state index is 12.4. The van der Waals surface area contributed by atoms with Gasteiger partial charge in [0, 0.05) is 5.39 Å². The van der Waals surface area contributed by atoms with Crippen LogP contribution in [0, 0.1) is 6.92 Å². The molecule has 1 N–H and O–H groups in total. The SMILES string of the molecule is CC[C@H](NC(=O)Cc1noc2ccccc12)c1ccc(C)cc1. The minimum Gasteiger partial charge on any atom is -0.356 e. The van der Waals surface area contributed by atoms with E-state index in [0.29, 0.717) is 11.3 Å². The Balaban J connectivity index is 1.71. The third kappa shape index (κ3) is 3.42. The van der Waals surface area contributed by atoms with Crippen molar-refractivity contribution in [2.45, 2.75) is 32.7 Å². The Morgan fingerprint density at radius 3 is 2.65 bits per heavy atom. The molecule has 4 nitrogen and oxygen atoms in total. The molecular weight excluding hydrogens is 288 g/mol. The third-order valence-electron chi connectivity index (χ3n) is 4.00. The number of amides is 1. The van der Waals surface area contributed by atoms with Crippen LogP contribution in [0.2, 0.25) is 0 Å². The molecule has 1 atom stereocenters. The van der Waals surface area contributed by atoms with Crippen LogP contribution in [0.5, 0.6) is 0 Å². The molecule has 0 unspecified atom stereocenters. The highest BCUT2D eigenvalue weighted by Crippen LogP contribution is 2.20. The van der Waals surface area contributed by atoms with Crippen LogP contribution >= 0.6 is 0 Å². The summed E-state index contributed by atoms with van der Waals surface area (Å²) in [5.74, 6) is -0.0449. The number of nitrogens with zero attached hydrogens (tertiary/aromatic N) is 1. The highest BCUT2D eigenvalue weighted by atomic mass is 16.5. The van der Waals surface area contributed by atoms with E-state index in [1.165, 1.54) is 5.56 Å². The normalized spacial score (nSPS) is 12.3. The summed E-state index contributed by atoms with van der Waals surface area (Å²) in [5.41, 5.74) is 3.72. The van der Waals surface area contributed by atoms with Gasteiger partial charge in [-0.2, -0.15) is 0 Å². The second kappa shape index (κ2) is 6.65. The van der Waals surface area contributed by atoms with Crippen molar-refractivity contribution < 1.29 is 9.32 Å². The monoisotopic (exact) mass is 308 g/mol. The highest BCUT2D eigenvalue weighted by molar-refractivity contribution is 5.86. The van der Waals surface area contributed by atoms with Gasteiger partial charge in [0.05, 0.1) is 12.5 Å². The van der Waals surface area contributed by atoms with Gasteiger partial charge >= 0.3 is 0 Å². The Labute approximate surface area is 135 Å². The molecule has 1 amide bonds. The van der Waals surface area contributed by atoms with Gasteiger partial charge in [0.2, 0.25) is 5.91 Å². The lowest BCUT2D eigenvalue weighted by Gasteiger charge is -2.17. The molecule has 0 bridgehead atoms. The fourth-order valence-electron chi connectivity index (χ4n) is 2.68. The number of rotatable bonds is 5. The van der Waals surface area contributed by atoms with Crippen molar-refractivity contribution >= 4 is 16.9 Å². The molecule has 0 spiro atoms. The molecule has 1 aromatic heterocycles. The van der Waals surface area contributed by atoms with E-state index in [1.807, 2.05) is 24.3 Å². The smallest absolute Gasteiger partial charge is 0.226 e. The quantitative estimate of drug-likeness (QED) is 0.776. The van der Waals surface area contributed by atoms with E-state index in [4.69, 9.17) is 4.52 Å². The summed E-state index contributed by atoms with van der Waals surface area (Å²) in [6.07, 6.45) is 1.06. The molecule has 3 rings (SSSR count). The van der Waals surface area contributed by atoms with E-state index in [2.05, 4.69) is 48.6 Å². The van der Waals surface area contributed by atoms with E-state index in [-0.39, 0.29) is 18.4 Å². The molecule has 0 aliphatic heterocycles. The maximum atomic E-state index is 12.4. The standard InChI is InChI=1S/C19H20N2O2/c1-3-16(14-10-8-13(2)9-11-14)20-19(22)12-17-15-6-4-5-7-18(15)23-21-17/h4-11,16H,3,12H2,1-2H3,(H,20,22)/t16-/m0/s1. The average Bonchev–Trinajstić information content (AvgIpc) is 2.97. The van der Waals surface area contributed by atoms with Crippen molar-refractivity contribution in [1.82, 2.24) is 10.5 Å². The number of carbonyl (C=O) groups is 1. The van der Waals surface area contributed by atoms with Crippen LogP contribution in [-0.4, -0.2) is 11.1 Å². The lowest BCUT2D eigenvalue weighted by molar-refractivity contribution is -0.121. The molecular formula is C19H20N2O2. The Morgan fingerprint density at radius 2 is 1.91 bits per heavy atom. The maximum Gasteiger partial charge on any atom is 0.226 e. The van der Waals surface area contributed by atoms with Gasteiger partial charge in [-0.1, -0.05) is 54.0 Å². The van der Waals surface area contributed by atoms with Crippen molar-refractivity contribution in [3.8, 4) is 0 Å². The molecule has 0 radical (unpaired) electrons. The fraction of sp³-hybridized carbons (Fsp3) is 0.263. The summed E-state index contributed by atoms with van der Waals surface area (Å²) in [5, 5.41) is 8.00. The zero-order chi connectivity index (χ0) is 16.2. The van der Waals surface area contributed by atoms with Crippen LogP contribution in [0.15, 0.2) is 53.1 Å². The molecule has 2 aromatic carbocycles. The lowest BCUT2D eigenvalue weighted by Crippen LogP contribution is -2.29. The van der Waals surface area contributed by atoms with E-state index < -0.39 is 0 Å². The Morgan fingerprint density at radius 1 is 1.17 bits per heavy atom. The largest absolute Gasteiger partial charge is 0.356 e. The summed E-state index contributed by atoms with van der Waals surface area (Å²) in [6.45, 7) is 4.12. The highest BCUT2D eigenvalue weighted by Gasteiger charge is 2.16. The molecule has 0 saturated carbocycles. The molecule has 118 valence electrons. The van der Waals surface area contributed by atoms with Gasteiger partial charge in [0.15, 0.2) is 5.58 Å². The third-order valence-corrected chi connectivity index (χ3v) is 4.00. The van der Waals surface area contributed by atoms with Crippen LogP contribution in [-0.2, 0) is 11.2 Å². The lowest BCUT2D eigenvalue weighted by atomic mass is 10.0. The number of hydrogen-bond donors (Lipinski definition) is 1. The van der Waals surface area contributed by atoms with Crippen molar-refractivity contribution in [3.05, 3.63) is 65.4 Å². The molecule has 23 heavy (non-hydrogen) atoms. The average molecular weight is 308 g/mol. The van der Waals surface area contributed by atoms with Crippen molar-refractivity contribution in [1.29, 1.82) is 0 Å². The first-order valence-electron chi connectivity index (χ1n) is 7.86. The first-order chi connectivity index (χ1) is 11.2. The van der Waals surface area contributed by atoms with E-state index >= 15 is 0 Å². The topological polar surface area (TPSA) is 55.1 Å². The number of hydrogen-bond acceptors (Lipinski definition) is 3. The predicted molar refractivity (Wildman–Crippen MR) is 90.1 cm³/mol. The zero-order valence-corrected chi connectivity index (χ0v) is 13.4. The van der Waals surface area contributed by atoms with Crippen molar-refractivity contribution in [3.63, 3.8) is 0 Å². The van der Waals surface area contributed by atoms with Crippen LogP contribution < -0.4 is 5.32 Å². The van der Waals surface area contributed by atoms with Crippen LogP contribution in [0.1, 0.15) is 36.2 Å². The summed E-state index contributed by atoms with van der Waals surface area (Å²) < 4.78 is 5.25. The van der Waals surface area contributed by atoms with Gasteiger partial charge in [-0.25, -0.2) is 0 Å². The van der Waals surface area contributed by atoms with Crippen LogP contribution in [0.25, 0.3) is 11.0 Å².